The van der Waals surface area contributed by atoms with Crippen molar-refractivity contribution < 1.29 is 19.5 Å². The summed E-state index contributed by atoms with van der Waals surface area (Å²) in [6, 6.07) is -0.400. The van der Waals surface area contributed by atoms with E-state index in [2.05, 4.69) is 5.32 Å². The van der Waals surface area contributed by atoms with Gasteiger partial charge in [-0.25, -0.2) is 4.79 Å². The molecule has 1 rings (SSSR count). The summed E-state index contributed by atoms with van der Waals surface area (Å²) < 4.78 is 0. The number of nitrogens with one attached hydrogen (secondary N) is 1. The normalized spacial score (nSPS) is 16.0. The zero-order chi connectivity index (χ0) is 11.3. The molecule has 0 aromatic rings. The molecular formula is C8H13N3O4. The molecule has 0 bridgehead atoms. The molecule has 7 heteroatoms. The van der Waals surface area contributed by atoms with E-state index in [1.807, 2.05) is 0 Å². The molecule has 2 N–H and O–H groups in total. The van der Waals surface area contributed by atoms with E-state index in [1.54, 1.807) is 4.90 Å². The Labute approximate surface area is 86.6 Å². The second kappa shape index (κ2) is 5.18. The zero-order valence-corrected chi connectivity index (χ0v) is 8.18. The molecule has 7 nitrogen and oxygen atoms in total. The quantitative estimate of drug-likeness (QED) is 0.564. The molecule has 0 spiro atoms. The van der Waals surface area contributed by atoms with Gasteiger partial charge in [0.2, 0.25) is 6.41 Å². The number of nitrogens with zero attached hydrogens (tertiary/aromatic N) is 2. The second-order valence-electron chi connectivity index (χ2n) is 3.18. The van der Waals surface area contributed by atoms with Crippen LogP contribution in [0.15, 0.2) is 0 Å². The molecule has 0 aromatic carbocycles. The third kappa shape index (κ3) is 3.45. The highest BCUT2D eigenvalue weighted by atomic mass is 16.4. The first-order valence-electron chi connectivity index (χ1n) is 4.57. The van der Waals surface area contributed by atoms with Crippen molar-refractivity contribution in [2.75, 3.05) is 32.7 Å². The van der Waals surface area contributed by atoms with E-state index in [9.17, 15) is 14.4 Å². The third-order valence-corrected chi connectivity index (χ3v) is 2.14. The summed E-state index contributed by atoms with van der Waals surface area (Å²) in [5, 5.41) is 10.6. The van der Waals surface area contributed by atoms with Gasteiger partial charge in [0.1, 0.15) is 6.54 Å². The molecule has 0 aliphatic carbocycles. The average molecular weight is 215 g/mol. The molecule has 1 aliphatic heterocycles. The maximum absolute atomic E-state index is 11.3. The highest BCUT2D eigenvalue weighted by Crippen LogP contribution is 1.99. The Kier molecular flexibility index (Phi) is 3.90. The van der Waals surface area contributed by atoms with Crippen LogP contribution in [-0.2, 0) is 9.59 Å². The van der Waals surface area contributed by atoms with E-state index in [-0.39, 0.29) is 6.54 Å². The first-order valence-corrected chi connectivity index (χ1v) is 4.57. The van der Waals surface area contributed by atoms with Crippen LogP contribution in [-0.4, -0.2) is 66.0 Å². The highest BCUT2D eigenvalue weighted by molar-refractivity contribution is 5.80. The van der Waals surface area contributed by atoms with Crippen LogP contribution < -0.4 is 5.32 Å². The van der Waals surface area contributed by atoms with Gasteiger partial charge in [-0.05, 0) is 0 Å². The van der Waals surface area contributed by atoms with Crippen molar-refractivity contribution in [2.45, 2.75) is 0 Å². The average Bonchev–Trinajstić information content (AvgIpc) is 2.26. The summed E-state index contributed by atoms with van der Waals surface area (Å²) in [6.45, 7) is 1.47. The van der Waals surface area contributed by atoms with Gasteiger partial charge in [-0.3, -0.25) is 9.59 Å². The van der Waals surface area contributed by atoms with Crippen molar-refractivity contribution in [2.24, 2.45) is 0 Å². The Hall–Kier alpha value is -1.79. The lowest BCUT2D eigenvalue weighted by molar-refractivity contribution is -0.135. The first-order chi connectivity index (χ1) is 7.13. The zero-order valence-electron chi connectivity index (χ0n) is 8.18. The van der Waals surface area contributed by atoms with Gasteiger partial charge < -0.3 is 20.2 Å². The number of amides is 3. The van der Waals surface area contributed by atoms with E-state index in [0.717, 1.165) is 6.41 Å². The standard InChI is InChI=1S/C8H13N3O4/c12-6-10-1-3-11(4-2-10)8(15)9-5-7(13)14/h6H,1-5H2,(H,9,15)(H,13,14). The van der Waals surface area contributed by atoms with Gasteiger partial charge >= 0.3 is 12.0 Å². The predicted octanol–water partition coefficient (Wildman–Crippen LogP) is -1.45. The molecule has 0 saturated carbocycles. The smallest absolute Gasteiger partial charge is 0.323 e. The lowest BCUT2D eigenvalue weighted by Gasteiger charge is -2.32. The Morgan fingerprint density at radius 2 is 1.87 bits per heavy atom. The monoisotopic (exact) mass is 215 g/mol. The van der Waals surface area contributed by atoms with Crippen LogP contribution in [0.2, 0.25) is 0 Å². The van der Waals surface area contributed by atoms with Crippen molar-refractivity contribution in [3.63, 3.8) is 0 Å². The van der Waals surface area contributed by atoms with Gasteiger partial charge in [-0.15, -0.1) is 0 Å². The maximum Gasteiger partial charge on any atom is 0.323 e. The molecule has 84 valence electrons. The maximum atomic E-state index is 11.3. The van der Waals surface area contributed by atoms with Crippen LogP contribution in [0.4, 0.5) is 4.79 Å². The Morgan fingerprint density at radius 3 is 2.33 bits per heavy atom. The number of carbonyl (C=O) groups is 3. The van der Waals surface area contributed by atoms with Gasteiger partial charge in [0.25, 0.3) is 0 Å². The molecule has 0 unspecified atom stereocenters. The van der Waals surface area contributed by atoms with E-state index < -0.39 is 12.0 Å². The molecular weight excluding hydrogens is 202 g/mol. The van der Waals surface area contributed by atoms with Crippen LogP contribution >= 0.6 is 0 Å². The number of rotatable bonds is 3. The molecule has 1 aliphatic rings. The number of carbonyl (C=O) groups excluding carboxylic acids is 2. The van der Waals surface area contributed by atoms with E-state index in [1.165, 1.54) is 4.90 Å². The van der Waals surface area contributed by atoms with Crippen molar-refractivity contribution >= 4 is 18.4 Å². The summed E-state index contributed by atoms with van der Waals surface area (Å²) in [4.78, 5) is 35.0. The predicted molar refractivity (Wildman–Crippen MR) is 50.2 cm³/mol. The van der Waals surface area contributed by atoms with E-state index in [0.29, 0.717) is 26.2 Å². The topological polar surface area (TPSA) is 90.0 Å². The number of carboxylic acid groups (broad SMARTS) is 1. The van der Waals surface area contributed by atoms with E-state index >= 15 is 0 Å². The minimum absolute atomic E-state index is 0.382. The van der Waals surface area contributed by atoms with E-state index in [4.69, 9.17) is 5.11 Å². The number of carboxylic acids is 1. The van der Waals surface area contributed by atoms with Gasteiger partial charge in [0, 0.05) is 26.2 Å². The fraction of sp³-hybridized carbons (Fsp3) is 0.625. The molecule has 0 atom stereocenters. The Morgan fingerprint density at radius 1 is 1.27 bits per heavy atom. The first kappa shape index (κ1) is 11.3. The van der Waals surface area contributed by atoms with Gasteiger partial charge in [0.15, 0.2) is 0 Å². The van der Waals surface area contributed by atoms with Gasteiger partial charge in [0.05, 0.1) is 0 Å². The molecule has 0 aromatic heterocycles. The second-order valence-corrected chi connectivity index (χ2v) is 3.18. The summed E-state index contributed by atoms with van der Waals surface area (Å²) in [6.07, 6.45) is 0.743. The number of piperazine rings is 1. The van der Waals surface area contributed by atoms with Crippen LogP contribution in [0.1, 0.15) is 0 Å². The molecule has 1 fully saturated rings. The van der Waals surface area contributed by atoms with Crippen LogP contribution in [0.5, 0.6) is 0 Å². The summed E-state index contributed by atoms with van der Waals surface area (Å²) in [7, 11) is 0. The SMILES string of the molecule is O=CN1CCN(C(=O)NCC(=O)O)CC1. The van der Waals surface area contributed by atoms with Gasteiger partial charge in [-0.1, -0.05) is 0 Å². The van der Waals surface area contributed by atoms with Crippen LogP contribution in [0, 0.1) is 0 Å². The minimum Gasteiger partial charge on any atom is -0.480 e. The van der Waals surface area contributed by atoms with Gasteiger partial charge in [-0.2, -0.15) is 0 Å². The highest BCUT2D eigenvalue weighted by Gasteiger charge is 2.19. The molecule has 1 heterocycles. The van der Waals surface area contributed by atoms with Crippen molar-refractivity contribution in [1.29, 1.82) is 0 Å². The minimum atomic E-state index is -1.07. The number of hydrogen-bond acceptors (Lipinski definition) is 3. The third-order valence-electron chi connectivity index (χ3n) is 2.14. The number of aliphatic carboxylic acids is 1. The Balaban J connectivity index is 2.29. The lowest BCUT2D eigenvalue weighted by atomic mass is 10.3. The fourth-order valence-electron chi connectivity index (χ4n) is 1.29. The molecule has 3 amide bonds. The number of urea groups is 1. The Bertz CT molecular complexity index is 261. The molecule has 1 saturated heterocycles. The van der Waals surface area contributed by atoms with Crippen LogP contribution in [0.25, 0.3) is 0 Å². The number of hydrogen-bond donors (Lipinski definition) is 2. The van der Waals surface area contributed by atoms with Crippen molar-refractivity contribution in [1.82, 2.24) is 15.1 Å². The molecule has 15 heavy (non-hydrogen) atoms. The largest absolute Gasteiger partial charge is 0.480 e. The summed E-state index contributed by atoms with van der Waals surface area (Å²) in [5.41, 5.74) is 0. The summed E-state index contributed by atoms with van der Waals surface area (Å²) in [5.74, 6) is -1.07. The van der Waals surface area contributed by atoms with Crippen molar-refractivity contribution in [3.8, 4) is 0 Å². The molecule has 0 radical (unpaired) electrons. The fourth-order valence-corrected chi connectivity index (χ4v) is 1.29. The summed E-state index contributed by atoms with van der Waals surface area (Å²) >= 11 is 0. The van der Waals surface area contributed by atoms with Crippen molar-refractivity contribution in [3.05, 3.63) is 0 Å². The van der Waals surface area contributed by atoms with Crippen LogP contribution in [0.3, 0.4) is 0 Å². The lowest BCUT2D eigenvalue weighted by Crippen LogP contribution is -2.51.